The van der Waals surface area contributed by atoms with Crippen LogP contribution in [-0.2, 0) is 30.3 Å². The Bertz CT molecular complexity index is 628. The lowest BCUT2D eigenvalue weighted by atomic mass is 10.2. The van der Waals surface area contributed by atoms with Gasteiger partial charge in [0, 0.05) is 19.6 Å². The molecule has 1 aromatic carbocycles. The van der Waals surface area contributed by atoms with Crippen molar-refractivity contribution in [3.63, 3.8) is 0 Å². The van der Waals surface area contributed by atoms with Crippen molar-refractivity contribution < 1.29 is 28.5 Å². The maximum atomic E-state index is 12.4. The van der Waals surface area contributed by atoms with Gasteiger partial charge in [-0.05, 0) is 32.8 Å². The second-order valence-corrected chi connectivity index (χ2v) is 7.79. The van der Waals surface area contributed by atoms with E-state index in [-0.39, 0.29) is 6.10 Å². The minimum absolute atomic E-state index is 0.231. The van der Waals surface area contributed by atoms with Gasteiger partial charge in [-0.1, -0.05) is 30.3 Å². The summed E-state index contributed by atoms with van der Waals surface area (Å²) in [6.07, 6.45) is 0.376. The smallest absolute Gasteiger partial charge is 0.411 e. The Hall–Kier alpha value is -2.12. The number of hydrogen-bond acceptors (Lipinski definition) is 6. The molecular formula is C21H31NO6. The number of esters is 1. The molecule has 2 atom stereocenters. The van der Waals surface area contributed by atoms with Crippen molar-refractivity contribution in [1.82, 2.24) is 4.90 Å². The first-order valence-electron chi connectivity index (χ1n) is 9.61. The lowest BCUT2D eigenvalue weighted by Crippen LogP contribution is -2.44. The summed E-state index contributed by atoms with van der Waals surface area (Å²) >= 11 is 0. The highest BCUT2D eigenvalue weighted by Crippen LogP contribution is 2.24. The fourth-order valence-corrected chi connectivity index (χ4v) is 2.98. The van der Waals surface area contributed by atoms with E-state index in [4.69, 9.17) is 18.9 Å². The molecule has 1 aliphatic rings. The number of likely N-dealkylation sites (tertiary alicyclic amines) is 1. The summed E-state index contributed by atoms with van der Waals surface area (Å²) in [7, 11) is 1.31. The van der Waals surface area contributed by atoms with Gasteiger partial charge < -0.3 is 18.9 Å². The van der Waals surface area contributed by atoms with E-state index in [9.17, 15) is 9.59 Å². The van der Waals surface area contributed by atoms with Gasteiger partial charge in [0.05, 0.1) is 26.4 Å². The Balaban J connectivity index is 1.74. The molecule has 0 N–H and O–H groups in total. The number of ether oxygens (including phenoxy) is 4. The van der Waals surface area contributed by atoms with Crippen molar-refractivity contribution in [2.45, 2.75) is 58.0 Å². The van der Waals surface area contributed by atoms with Crippen LogP contribution in [0.5, 0.6) is 0 Å². The van der Waals surface area contributed by atoms with Crippen molar-refractivity contribution in [2.75, 3.05) is 26.9 Å². The average molecular weight is 393 g/mol. The van der Waals surface area contributed by atoms with Gasteiger partial charge >= 0.3 is 12.1 Å². The van der Waals surface area contributed by atoms with Crippen LogP contribution >= 0.6 is 0 Å². The van der Waals surface area contributed by atoms with Crippen LogP contribution in [-0.4, -0.2) is 61.6 Å². The molecule has 0 saturated carbocycles. The van der Waals surface area contributed by atoms with Crippen molar-refractivity contribution in [1.29, 1.82) is 0 Å². The summed E-state index contributed by atoms with van der Waals surface area (Å²) in [6, 6.07) is 9.30. The molecule has 0 radical (unpaired) electrons. The summed E-state index contributed by atoms with van der Waals surface area (Å²) in [5, 5.41) is 0. The maximum Gasteiger partial charge on any atom is 0.411 e. The van der Waals surface area contributed by atoms with Crippen LogP contribution < -0.4 is 0 Å². The van der Waals surface area contributed by atoms with Gasteiger partial charge in [0.1, 0.15) is 11.6 Å². The van der Waals surface area contributed by atoms with E-state index in [1.165, 1.54) is 12.0 Å². The van der Waals surface area contributed by atoms with Gasteiger partial charge in [-0.25, -0.2) is 9.59 Å². The zero-order valence-corrected chi connectivity index (χ0v) is 17.2. The fraction of sp³-hybridized carbons (Fsp3) is 0.619. The standard InChI is InChI=1S/C21H31NO6/c1-21(2,3)28-20(24)22-14-17(13-18(22)19(23)25-4)27-12-8-11-26-15-16-9-6-5-7-10-16/h5-7,9-10,17-18H,8,11-15H2,1-4H3/t17-,18+/m1/s1. The molecule has 0 bridgehead atoms. The van der Waals surface area contributed by atoms with E-state index in [0.29, 0.717) is 32.8 Å². The summed E-state index contributed by atoms with van der Waals surface area (Å²) in [5.41, 5.74) is 0.500. The zero-order valence-electron chi connectivity index (χ0n) is 17.2. The number of carbonyl (C=O) groups excluding carboxylic acids is 2. The molecule has 1 aliphatic heterocycles. The van der Waals surface area contributed by atoms with Crippen LogP contribution in [0.25, 0.3) is 0 Å². The Labute approximate surface area is 166 Å². The third-order valence-electron chi connectivity index (χ3n) is 4.26. The highest BCUT2D eigenvalue weighted by atomic mass is 16.6. The summed E-state index contributed by atoms with van der Waals surface area (Å²) in [5.74, 6) is -0.455. The number of nitrogens with zero attached hydrogens (tertiary/aromatic N) is 1. The molecule has 0 aliphatic carbocycles. The molecule has 1 aromatic rings. The number of methoxy groups -OCH3 is 1. The highest BCUT2D eigenvalue weighted by molar-refractivity contribution is 5.82. The van der Waals surface area contributed by atoms with Gasteiger partial charge in [-0.3, -0.25) is 4.90 Å². The molecule has 7 nitrogen and oxygen atoms in total. The molecule has 0 unspecified atom stereocenters. The van der Waals surface area contributed by atoms with Crippen LogP contribution in [0.3, 0.4) is 0 Å². The average Bonchev–Trinajstić information content (AvgIpc) is 3.08. The number of rotatable bonds is 8. The third kappa shape index (κ3) is 7.13. The molecular weight excluding hydrogens is 362 g/mol. The van der Waals surface area contributed by atoms with E-state index in [2.05, 4.69) is 0 Å². The molecule has 156 valence electrons. The van der Waals surface area contributed by atoms with E-state index in [1.54, 1.807) is 20.8 Å². The molecule has 1 fully saturated rings. The quantitative estimate of drug-likeness (QED) is 0.499. The van der Waals surface area contributed by atoms with Gasteiger partial charge in [-0.15, -0.1) is 0 Å². The van der Waals surface area contributed by atoms with Crippen LogP contribution in [0, 0.1) is 0 Å². The normalized spacial score (nSPS) is 19.5. The Morgan fingerprint density at radius 1 is 1.14 bits per heavy atom. The van der Waals surface area contributed by atoms with Gasteiger partial charge in [0.2, 0.25) is 0 Å². The van der Waals surface area contributed by atoms with E-state index in [0.717, 1.165) is 12.0 Å². The maximum absolute atomic E-state index is 12.4. The monoisotopic (exact) mass is 393 g/mol. The number of carbonyl (C=O) groups is 2. The first-order chi connectivity index (χ1) is 13.3. The molecule has 1 amide bonds. The van der Waals surface area contributed by atoms with Crippen molar-refractivity contribution >= 4 is 12.1 Å². The molecule has 1 saturated heterocycles. The third-order valence-corrected chi connectivity index (χ3v) is 4.26. The van der Waals surface area contributed by atoms with Crippen LogP contribution in [0.2, 0.25) is 0 Å². The second-order valence-electron chi connectivity index (χ2n) is 7.79. The van der Waals surface area contributed by atoms with Crippen molar-refractivity contribution in [2.24, 2.45) is 0 Å². The van der Waals surface area contributed by atoms with Gasteiger partial charge in [-0.2, -0.15) is 0 Å². The molecule has 28 heavy (non-hydrogen) atoms. The number of hydrogen-bond donors (Lipinski definition) is 0. The minimum atomic E-state index is -0.681. The van der Waals surface area contributed by atoms with Crippen LogP contribution in [0.1, 0.15) is 39.2 Å². The van der Waals surface area contributed by atoms with Gasteiger partial charge in [0.25, 0.3) is 0 Å². The molecule has 0 spiro atoms. The topological polar surface area (TPSA) is 74.3 Å². The minimum Gasteiger partial charge on any atom is -0.467 e. The van der Waals surface area contributed by atoms with Crippen LogP contribution in [0.4, 0.5) is 4.79 Å². The fourth-order valence-electron chi connectivity index (χ4n) is 2.98. The number of benzene rings is 1. The predicted octanol–water partition coefficient (Wildman–Crippen LogP) is 3.16. The van der Waals surface area contributed by atoms with Gasteiger partial charge in [0.15, 0.2) is 0 Å². The lowest BCUT2D eigenvalue weighted by molar-refractivity contribution is -0.145. The van der Waals surface area contributed by atoms with Crippen LogP contribution in [0.15, 0.2) is 30.3 Å². The number of amides is 1. The predicted molar refractivity (Wildman–Crippen MR) is 104 cm³/mol. The molecule has 0 aromatic heterocycles. The SMILES string of the molecule is COC(=O)[C@@H]1C[C@@H](OCCCOCc2ccccc2)CN1C(=O)OC(C)(C)C. The molecule has 1 heterocycles. The summed E-state index contributed by atoms with van der Waals surface area (Å²) < 4.78 is 21.7. The zero-order chi connectivity index (χ0) is 20.6. The van der Waals surface area contributed by atoms with E-state index in [1.807, 2.05) is 30.3 Å². The molecule has 2 rings (SSSR count). The first kappa shape index (κ1) is 22.2. The second kappa shape index (κ2) is 10.4. The lowest BCUT2D eigenvalue weighted by Gasteiger charge is -2.27. The largest absolute Gasteiger partial charge is 0.467 e. The van der Waals surface area contributed by atoms with E-state index >= 15 is 0 Å². The molecule has 7 heteroatoms. The highest BCUT2D eigenvalue weighted by Gasteiger charge is 2.42. The van der Waals surface area contributed by atoms with Crippen molar-refractivity contribution in [3.05, 3.63) is 35.9 Å². The van der Waals surface area contributed by atoms with Crippen molar-refractivity contribution in [3.8, 4) is 0 Å². The Morgan fingerprint density at radius 3 is 2.50 bits per heavy atom. The summed E-state index contributed by atoms with van der Waals surface area (Å²) in [6.45, 7) is 7.32. The summed E-state index contributed by atoms with van der Waals surface area (Å²) in [4.78, 5) is 25.8. The first-order valence-corrected chi connectivity index (χ1v) is 9.61. The Morgan fingerprint density at radius 2 is 1.86 bits per heavy atom. The Kier molecular flexibility index (Phi) is 8.26. The van der Waals surface area contributed by atoms with E-state index < -0.39 is 23.7 Å².